The van der Waals surface area contributed by atoms with E-state index in [9.17, 15) is 9.59 Å². The van der Waals surface area contributed by atoms with Gasteiger partial charge in [0.15, 0.2) is 0 Å². The minimum absolute atomic E-state index is 0.0674. The van der Waals surface area contributed by atoms with E-state index < -0.39 is 5.97 Å². The highest BCUT2D eigenvalue weighted by Crippen LogP contribution is 2.09. The third-order valence-electron chi connectivity index (χ3n) is 3.40. The fourth-order valence-corrected chi connectivity index (χ4v) is 1.95. The molecule has 1 aromatic rings. The minimum atomic E-state index is -0.907. The number of nitrogens with zero attached hydrogens (tertiary/aromatic N) is 1. The number of carbonyl (C=O) groups is 2. The van der Waals surface area contributed by atoms with Crippen LogP contribution in [0.4, 0.5) is 4.79 Å². The van der Waals surface area contributed by atoms with Crippen molar-refractivity contribution in [2.24, 2.45) is 5.92 Å². The Bertz CT molecular complexity index is 483. The van der Waals surface area contributed by atoms with Gasteiger partial charge in [0.05, 0.1) is 6.42 Å². The van der Waals surface area contributed by atoms with Gasteiger partial charge in [-0.25, -0.2) is 4.79 Å². The number of urea groups is 1. The number of carboxylic acid groups (broad SMARTS) is 1. The molecule has 0 aromatic heterocycles. The molecule has 21 heavy (non-hydrogen) atoms. The molecule has 0 fully saturated rings. The van der Waals surface area contributed by atoms with Gasteiger partial charge in [0.1, 0.15) is 0 Å². The van der Waals surface area contributed by atoms with Crippen molar-refractivity contribution in [3.63, 3.8) is 0 Å². The Morgan fingerprint density at radius 2 is 1.81 bits per heavy atom. The molecule has 1 unspecified atom stereocenters. The average Bonchev–Trinajstić information content (AvgIpc) is 2.39. The predicted octanol–water partition coefficient (Wildman–Crippen LogP) is 2.64. The summed E-state index contributed by atoms with van der Waals surface area (Å²) in [6, 6.07) is 7.35. The van der Waals surface area contributed by atoms with E-state index in [2.05, 4.69) is 5.32 Å². The highest BCUT2D eigenvalue weighted by Gasteiger charge is 2.21. The summed E-state index contributed by atoms with van der Waals surface area (Å²) < 4.78 is 0. The van der Waals surface area contributed by atoms with E-state index >= 15 is 0 Å². The summed E-state index contributed by atoms with van der Waals surface area (Å²) in [4.78, 5) is 24.5. The maximum absolute atomic E-state index is 12.1. The van der Waals surface area contributed by atoms with Crippen LogP contribution in [0.5, 0.6) is 0 Å². The van der Waals surface area contributed by atoms with Crippen LogP contribution in [0.25, 0.3) is 0 Å². The lowest BCUT2D eigenvalue weighted by Gasteiger charge is -2.25. The molecule has 1 aromatic carbocycles. The third-order valence-corrected chi connectivity index (χ3v) is 3.40. The highest BCUT2D eigenvalue weighted by atomic mass is 16.4. The first-order chi connectivity index (χ1) is 9.79. The van der Waals surface area contributed by atoms with Gasteiger partial charge in [0, 0.05) is 19.6 Å². The van der Waals surface area contributed by atoms with Crippen LogP contribution in [-0.2, 0) is 11.3 Å². The van der Waals surface area contributed by atoms with Gasteiger partial charge >= 0.3 is 12.0 Å². The standard InChI is InChI=1S/C16H24N2O3/c1-11(2)14(9-15(19)20)17-16(21)18(4)10-13-7-5-12(3)6-8-13/h5-8,11,14H,9-10H2,1-4H3,(H,17,21)(H,19,20). The normalized spacial score (nSPS) is 12.0. The first-order valence-electron chi connectivity index (χ1n) is 7.08. The second kappa shape index (κ2) is 7.67. The Morgan fingerprint density at radius 3 is 2.29 bits per heavy atom. The summed E-state index contributed by atoms with van der Waals surface area (Å²) in [6.45, 7) is 6.30. The molecule has 0 aliphatic heterocycles. The number of rotatable bonds is 6. The van der Waals surface area contributed by atoms with Crippen molar-refractivity contribution in [3.8, 4) is 0 Å². The Morgan fingerprint density at radius 1 is 1.24 bits per heavy atom. The van der Waals surface area contributed by atoms with Crippen LogP contribution in [-0.4, -0.2) is 35.1 Å². The van der Waals surface area contributed by atoms with E-state index in [0.29, 0.717) is 6.54 Å². The molecule has 1 atom stereocenters. The summed E-state index contributed by atoms with van der Waals surface area (Å²) in [5.41, 5.74) is 2.21. The van der Waals surface area contributed by atoms with Crippen LogP contribution < -0.4 is 5.32 Å². The number of hydrogen-bond acceptors (Lipinski definition) is 2. The molecule has 5 nitrogen and oxygen atoms in total. The number of aliphatic carboxylic acids is 1. The summed E-state index contributed by atoms with van der Waals surface area (Å²) in [5, 5.41) is 11.7. The molecule has 116 valence electrons. The zero-order valence-corrected chi connectivity index (χ0v) is 13.1. The quantitative estimate of drug-likeness (QED) is 0.847. The zero-order chi connectivity index (χ0) is 16.0. The van der Waals surface area contributed by atoms with Crippen LogP contribution in [0.3, 0.4) is 0 Å². The average molecular weight is 292 g/mol. The Labute approximate surface area is 126 Å². The van der Waals surface area contributed by atoms with Gasteiger partial charge in [-0.1, -0.05) is 43.7 Å². The fraction of sp³-hybridized carbons (Fsp3) is 0.500. The van der Waals surface area contributed by atoms with Crippen LogP contribution in [0.15, 0.2) is 24.3 Å². The molecular weight excluding hydrogens is 268 g/mol. The summed E-state index contributed by atoms with van der Waals surface area (Å²) in [7, 11) is 1.70. The minimum Gasteiger partial charge on any atom is -0.481 e. The zero-order valence-electron chi connectivity index (χ0n) is 13.1. The number of carbonyl (C=O) groups excluding carboxylic acids is 1. The van der Waals surface area contributed by atoms with Gasteiger partial charge in [-0.3, -0.25) is 4.79 Å². The molecule has 0 bridgehead atoms. The monoisotopic (exact) mass is 292 g/mol. The van der Waals surface area contributed by atoms with Gasteiger partial charge in [-0.05, 0) is 18.4 Å². The highest BCUT2D eigenvalue weighted by molar-refractivity contribution is 5.75. The van der Waals surface area contributed by atoms with E-state index in [1.165, 1.54) is 5.56 Å². The Balaban J connectivity index is 2.60. The van der Waals surface area contributed by atoms with Gasteiger partial charge in [0.2, 0.25) is 0 Å². The molecule has 0 heterocycles. The smallest absolute Gasteiger partial charge is 0.317 e. The molecule has 0 spiro atoms. The third kappa shape index (κ3) is 5.85. The second-order valence-electron chi connectivity index (χ2n) is 5.74. The maximum atomic E-state index is 12.1. The number of carboxylic acids is 1. The molecule has 1 rings (SSSR count). The summed E-state index contributed by atoms with van der Waals surface area (Å²) in [5.74, 6) is -0.840. The molecule has 0 radical (unpaired) electrons. The number of nitrogens with one attached hydrogen (secondary N) is 1. The van der Waals surface area contributed by atoms with Crippen molar-refractivity contribution in [3.05, 3.63) is 35.4 Å². The van der Waals surface area contributed by atoms with Crippen LogP contribution in [0.2, 0.25) is 0 Å². The first-order valence-corrected chi connectivity index (χ1v) is 7.08. The predicted molar refractivity (Wildman–Crippen MR) is 82.1 cm³/mol. The van der Waals surface area contributed by atoms with Gasteiger partial charge < -0.3 is 15.3 Å². The van der Waals surface area contributed by atoms with Crippen molar-refractivity contribution >= 4 is 12.0 Å². The molecular formula is C16H24N2O3. The van der Waals surface area contributed by atoms with Crippen molar-refractivity contribution < 1.29 is 14.7 Å². The number of hydrogen-bond donors (Lipinski definition) is 2. The van der Waals surface area contributed by atoms with Gasteiger partial charge in [0.25, 0.3) is 0 Å². The Kier molecular flexibility index (Phi) is 6.21. The van der Waals surface area contributed by atoms with Crippen molar-refractivity contribution in [1.29, 1.82) is 0 Å². The van der Waals surface area contributed by atoms with E-state index in [-0.39, 0.29) is 24.4 Å². The van der Waals surface area contributed by atoms with Gasteiger partial charge in [-0.15, -0.1) is 0 Å². The molecule has 0 saturated heterocycles. The lowest BCUT2D eigenvalue weighted by atomic mass is 10.0. The van der Waals surface area contributed by atoms with Crippen molar-refractivity contribution in [1.82, 2.24) is 10.2 Å². The van der Waals surface area contributed by atoms with Crippen LogP contribution >= 0.6 is 0 Å². The lowest BCUT2D eigenvalue weighted by Crippen LogP contribution is -2.45. The van der Waals surface area contributed by atoms with E-state index in [4.69, 9.17) is 5.11 Å². The van der Waals surface area contributed by atoms with Crippen molar-refractivity contribution in [2.75, 3.05) is 7.05 Å². The number of amides is 2. The largest absolute Gasteiger partial charge is 0.481 e. The number of benzene rings is 1. The SMILES string of the molecule is Cc1ccc(CN(C)C(=O)NC(CC(=O)O)C(C)C)cc1. The summed E-state index contributed by atoms with van der Waals surface area (Å²) >= 11 is 0. The van der Waals surface area contributed by atoms with E-state index in [1.54, 1.807) is 11.9 Å². The molecule has 2 amide bonds. The molecule has 2 N–H and O–H groups in total. The van der Waals surface area contributed by atoms with E-state index in [1.807, 2.05) is 45.0 Å². The number of aryl methyl sites for hydroxylation is 1. The van der Waals surface area contributed by atoms with Crippen LogP contribution in [0.1, 0.15) is 31.4 Å². The summed E-state index contributed by atoms with van der Waals surface area (Å²) in [6.07, 6.45) is -0.0677. The van der Waals surface area contributed by atoms with E-state index in [0.717, 1.165) is 5.56 Å². The Hall–Kier alpha value is -2.04. The van der Waals surface area contributed by atoms with Crippen molar-refractivity contribution in [2.45, 2.75) is 39.8 Å². The maximum Gasteiger partial charge on any atom is 0.317 e. The first kappa shape index (κ1) is 17.0. The van der Waals surface area contributed by atoms with Gasteiger partial charge in [-0.2, -0.15) is 0 Å². The second-order valence-corrected chi connectivity index (χ2v) is 5.74. The fourth-order valence-electron chi connectivity index (χ4n) is 1.95. The topological polar surface area (TPSA) is 69.6 Å². The molecule has 0 saturated carbocycles. The molecule has 0 aliphatic rings. The van der Waals surface area contributed by atoms with Crippen LogP contribution in [0, 0.1) is 12.8 Å². The molecule has 5 heteroatoms. The lowest BCUT2D eigenvalue weighted by molar-refractivity contribution is -0.137. The molecule has 0 aliphatic carbocycles.